The van der Waals surface area contributed by atoms with E-state index >= 15 is 0 Å². The average Bonchev–Trinajstić information content (AvgIpc) is 2.38. The lowest BCUT2D eigenvalue weighted by Gasteiger charge is -2.27. The molecule has 0 atom stereocenters. The summed E-state index contributed by atoms with van der Waals surface area (Å²) in [6, 6.07) is 0. The van der Waals surface area contributed by atoms with E-state index in [0.29, 0.717) is 6.42 Å². The number of hydrogen-bond donors (Lipinski definition) is 0. The van der Waals surface area contributed by atoms with Crippen LogP contribution in [0.1, 0.15) is 58.8 Å². The van der Waals surface area contributed by atoms with Crippen LogP contribution >= 0.6 is 23.6 Å². The molecule has 0 spiro atoms. The molecule has 148 valence electrons. The normalized spacial score (nSPS) is 13.2. The van der Waals surface area contributed by atoms with Crippen LogP contribution < -0.4 is 12.4 Å². The lowest BCUT2D eigenvalue weighted by atomic mass is 10.0. The first-order chi connectivity index (χ1) is 10.4. The van der Waals surface area contributed by atoms with Crippen molar-refractivity contribution in [3.05, 3.63) is 0 Å². The summed E-state index contributed by atoms with van der Waals surface area (Å²) in [7, 11) is 3.61. The summed E-state index contributed by atoms with van der Waals surface area (Å²) in [6.07, 6.45) is 6.97. The van der Waals surface area contributed by atoms with Crippen LogP contribution in [-0.4, -0.2) is 61.6 Å². The first-order valence-corrected chi connectivity index (χ1v) is 11.0. The predicted molar refractivity (Wildman–Crippen MR) is 101 cm³/mol. The Labute approximate surface area is 166 Å². The average molecular weight is 426 g/mol. The molecule has 0 unspecified atom stereocenters. The van der Waals surface area contributed by atoms with Crippen molar-refractivity contribution in [3.8, 4) is 0 Å². The number of hydrogen-bond acceptors (Lipinski definition) is 3. The summed E-state index contributed by atoms with van der Waals surface area (Å²) in [4.78, 5) is 0. The Hall–Kier alpha value is 0.740. The maximum atomic E-state index is 12.0. The zero-order valence-electron chi connectivity index (χ0n) is 15.8. The van der Waals surface area contributed by atoms with Gasteiger partial charge in [0.15, 0.2) is 0 Å². The van der Waals surface area contributed by atoms with Crippen LogP contribution in [0, 0.1) is 0 Å². The van der Waals surface area contributed by atoms with Gasteiger partial charge in [0.1, 0.15) is 9.84 Å². The molecule has 0 rings (SSSR count). The molecule has 24 heavy (non-hydrogen) atoms. The lowest BCUT2D eigenvalue weighted by Crippen LogP contribution is -3.00. The molecule has 0 heterocycles. The number of nitrogens with zero attached hydrogens (tertiary/aromatic N) is 2. The van der Waals surface area contributed by atoms with Crippen LogP contribution in [0.25, 0.3) is 0 Å². The molecule has 8 heteroatoms. The third kappa shape index (κ3) is 15.0. The molecule has 0 radical (unpaired) electrons. The Kier molecular flexibility index (Phi) is 13.7. The summed E-state index contributed by atoms with van der Waals surface area (Å²) in [6.45, 7) is 4.86. The van der Waals surface area contributed by atoms with Crippen molar-refractivity contribution in [2.45, 2.75) is 64.3 Å². The molecule has 0 bridgehead atoms. The topological polar surface area (TPSA) is 37.4 Å². The fourth-order valence-corrected chi connectivity index (χ4v) is 4.03. The van der Waals surface area contributed by atoms with Crippen LogP contribution in [0.5, 0.6) is 0 Å². The fraction of sp³-hybridized carbons (Fsp3) is 1.00. The van der Waals surface area contributed by atoms with Gasteiger partial charge < -0.3 is 16.9 Å². The van der Waals surface area contributed by atoms with Crippen molar-refractivity contribution in [1.82, 2.24) is 3.94 Å². The molecule has 4 nitrogen and oxygen atoms in total. The smallest absolute Gasteiger partial charge is 0.150 e. The van der Waals surface area contributed by atoms with Gasteiger partial charge in [0, 0.05) is 5.54 Å². The highest BCUT2D eigenvalue weighted by molar-refractivity contribution is 7.91. The molecular weight excluding hydrogens is 391 g/mol. The maximum absolute atomic E-state index is 12.0. The molecule has 0 fully saturated rings. The van der Waals surface area contributed by atoms with Gasteiger partial charge in [-0.1, -0.05) is 19.3 Å². The number of quaternary nitrogens is 1. The molecule has 0 aromatic rings. The largest absolute Gasteiger partial charge is 1.00 e. The Balaban J connectivity index is 0. The second-order valence-electron chi connectivity index (χ2n) is 8.08. The molecule has 0 N–H and O–H groups in total. The molecule has 0 aromatic carbocycles. The van der Waals surface area contributed by atoms with Gasteiger partial charge in [-0.3, -0.25) is 0 Å². The molecule has 0 saturated heterocycles. The Morgan fingerprint density at radius 2 is 1.33 bits per heavy atom. The van der Waals surface area contributed by atoms with Gasteiger partial charge in [-0.05, 0) is 63.1 Å². The van der Waals surface area contributed by atoms with Crippen molar-refractivity contribution in [2.75, 3.05) is 39.2 Å². The van der Waals surface area contributed by atoms with Crippen molar-refractivity contribution < 1.29 is 25.3 Å². The third-order valence-electron chi connectivity index (χ3n) is 4.02. The number of unbranched alkanes of at least 4 members (excludes halogenated alkanes) is 5. The van der Waals surface area contributed by atoms with Crippen LogP contribution in [0.4, 0.5) is 0 Å². The Morgan fingerprint density at radius 3 is 1.79 bits per heavy atom. The molecule has 0 aliphatic heterocycles. The fourth-order valence-electron chi connectivity index (χ4n) is 2.21. The van der Waals surface area contributed by atoms with Crippen molar-refractivity contribution >= 4 is 33.4 Å². The highest BCUT2D eigenvalue weighted by atomic mass is 35.5. The molecule has 0 aliphatic rings. The minimum absolute atomic E-state index is 0. The third-order valence-corrected chi connectivity index (χ3v) is 6.67. The number of halogens is 3. The van der Waals surface area contributed by atoms with Crippen molar-refractivity contribution in [3.63, 3.8) is 0 Å². The number of rotatable bonds is 13. The summed E-state index contributed by atoms with van der Waals surface area (Å²) in [5, 5.41) is 0. The molecule has 0 saturated carbocycles. The predicted octanol–water partition coefficient (Wildman–Crippen LogP) is 1.23. The van der Waals surface area contributed by atoms with Gasteiger partial charge in [-0.2, -0.15) is 0 Å². The quantitative estimate of drug-likeness (QED) is 0.253. The summed E-state index contributed by atoms with van der Waals surface area (Å²) in [5.41, 5.74) is -0.526. The standard InChI is InChI=1S/C16H35Cl2N2O2S.ClH/c1-16(2,19(17)18)12-15-23(21,22)14-11-9-7-6-8-10-13-20(3,4)5;/h6-15H2,1-5H3;1H/q+1;/p-1. The van der Waals surface area contributed by atoms with Gasteiger partial charge in [0.25, 0.3) is 0 Å². The van der Waals surface area contributed by atoms with E-state index in [0.717, 1.165) is 27.7 Å². The summed E-state index contributed by atoms with van der Waals surface area (Å²) < 4.78 is 26.1. The maximum Gasteiger partial charge on any atom is 0.150 e. The Morgan fingerprint density at radius 1 is 0.875 bits per heavy atom. The summed E-state index contributed by atoms with van der Waals surface area (Å²) >= 11 is 11.4. The van der Waals surface area contributed by atoms with Gasteiger partial charge >= 0.3 is 0 Å². The van der Waals surface area contributed by atoms with Crippen LogP contribution in [0.15, 0.2) is 0 Å². The van der Waals surface area contributed by atoms with E-state index in [-0.39, 0.29) is 23.9 Å². The van der Waals surface area contributed by atoms with Gasteiger partial charge in [0.2, 0.25) is 0 Å². The van der Waals surface area contributed by atoms with E-state index < -0.39 is 15.4 Å². The van der Waals surface area contributed by atoms with E-state index in [9.17, 15) is 8.42 Å². The van der Waals surface area contributed by atoms with E-state index in [4.69, 9.17) is 23.6 Å². The minimum Gasteiger partial charge on any atom is -1.00 e. The van der Waals surface area contributed by atoms with Crippen LogP contribution in [0.3, 0.4) is 0 Å². The lowest BCUT2D eigenvalue weighted by molar-refractivity contribution is -0.870. The number of sulfone groups is 1. The van der Waals surface area contributed by atoms with E-state index in [1.807, 2.05) is 13.8 Å². The van der Waals surface area contributed by atoms with Gasteiger partial charge in [-0.15, -0.1) is 3.94 Å². The zero-order chi connectivity index (χ0) is 18.1. The minimum atomic E-state index is -3.01. The van der Waals surface area contributed by atoms with Gasteiger partial charge in [0.05, 0.1) is 39.2 Å². The van der Waals surface area contributed by atoms with Crippen molar-refractivity contribution in [1.29, 1.82) is 0 Å². The van der Waals surface area contributed by atoms with E-state index in [1.54, 1.807) is 0 Å². The first-order valence-electron chi connectivity index (χ1n) is 8.48. The molecule has 0 amide bonds. The van der Waals surface area contributed by atoms with Crippen molar-refractivity contribution in [2.24, 2.45) is 0 Å². The second-order valence-corrected chi connectivity index (χ2v) is 11.2. The van der Waals surface area contributed by atoms with E-state index in [1.165, 1.54) is 25.8 Å². The first kappa shape index (κ1) is 27.0. The van der Waals surface area contributed by atoms with Crippen LogP contribution in [0.2, 0.25) is 0 Å². The highest BCUT2D eigenvalue weighted by Gasteiger charge is 2.26. The zero-order valence-corrected chi connectivity index (χ0v) is 18.9. The van der Waals surface area contributed by atoms with E-state index in [2.05, 4.69) is 21.1 Å². The highest BCUT2D eigenvalue weighted by Crippen LogP contribution is 2.24. The summed E-state index contributed by atoms with van der Waals surface area (Å²) in [5.74, 6) is 0.409. The molecule has 0 aliphatic carbocycles. The SMILES string of the molecule is CC(C)(CCS(=O)(=O)CCCCCCCC[N+](C)(C)C)N(Cl)Cl.[Cl-]. The van der Waals surface area contributed by atoms with Crippen LogP contribution in [-0.2, 0) is 9.84 Å². The molecular formula is C16H35Cl3N2O2S. The van der Waals surface area contributed by atoms with Gasteiger partial charge in [-0.25, -0.2) is 8.42 Å². The second kappa shape index (κ2) is 12.2. The Bertz CT molecular complexity index is 422. The molecule has 0 aromatic heterocycles. The monoisotopic (exact) mass is 424 g/mol.